The summed E-state index contributed by atoms with van der Waals surface area (Å²) < 4.78 is 5.08. The van der Waals surface area contributed by atoms with Crippen LogP contribution in [0.25, 0.3) is 0 Å². The van der Waals surface area contributed by atoms with Crippen molar-refractivity contribution < 1.29 is 24.4 Å². The van der Waals surface area contributed by atoms with E-state index in [0.717, 1.165) is 0 Å². The van der Waals surface area contributed by atoms with Crippen molar-refractivity contribution in [2.24, 2.45) is 0 Å². The second kappa shape index (κ2) is 8.14. The summed E-state index contributed by atoms with van der Waals surface area (Å²) in [5.41, 5.74) is 0.711. The molecular weight excluding hydrogens is 354 g/mol. The highest BCUT2D eigenvalue weighted by Gasteiger charge is 2.37. The van der Waals surface area contributed by atoms with Gasteiger partial charge in [0.15, 0.2) is 0 Å². The van der Waals surface area contributed by atoms with E-state index < -0.39 is 22.8 Å². The van der Waals surface area contributed by atoms with E-state index in [-0.39, 0.29) is 35.4 Å². The number of non-ortho nitro benzene ring substituents is 1. The molecule has 0 saturated heterocycles. The molecule has 2 rings (SSSR count). The molecule has 0 spiro atoms. The highest BCUT2D eigenvalue weighted by atomic mass is 16.6. The maximum absolute atomic E-state index is 12.6. The first-order chi connectivity index (χ1) is 12.8. The molecule has 1 aromatic carbocycles. The molecule has 9 heteroatoms. The molecule has 0 fully saturated rings. The van der Waals surface area contributed by atoms with Crippen LogP contribution in [0.2, 0.25) is 0 Å². The average Bonchev–Trinajstić information content (AvgIpc) is 2.60. The summed E-state index contributed by atoms with van der Waals surface area (Å²) in [5.74, 6) is -3.08. The van der Waals surface area contributed by atoms with E-state index >= 15 is 0 Å². The molecule has 1 atom stereocenters. The van der Waals surface area contributed by atoms with Gasteiger partial charge in [-0.25, -0.2) is 9.59 Å². The molecule has 0 amide bonds. The predicted octanol–water partition coefficient (Wildman–Crippen LogP) is 2.37. The Labute approximate surface area is 154 Å². The SMILES string of the molecule is CC1=C(C(=O)O)[C@H](c2cccc([N+](=O)[O-])c2)C(C(=O)OCCC#N)=C(C)N1. The third-order valence-electron chi connectivity index (χ3n) is 4.07. The van der Waals surface area contributed by atoms with E-state index in [1.54, 1.807) is 13.8 Å². The number of carbonyl (C=O) groups is 2. The van der Waals surface area contributed by atoms with Crippen molar-refractivity contribution >= 4 is 17.6 Å². The number of ether oxygens (including phenoxy) is 1. The van der Waals surface area contributed by atoms with Gasteiger partial charge in [-0.2, -0.15) is 5.26 Å². The maximum Gasteiger partial charge on any atom is 0.336 e. The van der Waals surface area contributed by atoms with Crippen LogP contribution in [0.3, 0.4) is 0 Å². The van der Waals surface area contributed by atoms with Crippen LogP contribution < -0.4 is 5.32 Å². The number of aliphatic carboxylic acids is 1. The molecule has 2 N–H and O–H groups in total. The second-order valence-corrected chi connectivity index (χ2v) is 5.84. The Bertz CT molecular complexity index is 910. The Morgan fingerprint density at radius 3 is 2.59 bits per heavy atom. The van der Waals surface area contributed by atoms with Gasteiger partial charge in [-0.1, -0.05) is 12.1 Å². The first kappa shape index (κ1) is 19.7. The second-order valence-electron chi connectivity index (χ2n) is 5.84. The lowest BCUT2D eigenvalue weighted by Crippen LogP contribution is -2.32. The highest BCUT2D eigenvalue weighted by molar-refractivity contribution is 5.99. The van der Waals surface area contributed by atoms with Crippen molar-refractivity contribution in [1.82, 2.24) is 5.32 Å². The number of carbonyl (C=O) groups excluding carboxylic acids is 1. The number of hydrogen-bond donors (Lipinski definition) is 2. The van der Waals surface area contributed by atoms with Gasteiger partial charge in [0, 0.05) is 23.5 Å². The highest BCUT2D eigenvalue weighted by Crippen LogP contribution is 2.39. The number of carboxylic acid groups (broad SMARTS) is 1. The van der Waals surface area contributed by atoms with Crippen LogP contribution in [-0.4, -0.2) is 28.6 Å². The number of hydrogen-bond acceptors (Lipinski definition) is 7. The molecule has 1 aliphatic rings. The summed E-state index contributed by atoms with van der Waals surface area (Å²) in [6.45, 7) is 3.00. The lowest BCUT2D eigenvalue weighted by atomic mass is 9.80. The zero-order valence-electron chi connectivity index (χ0n) is 14.7. The first-order valence-electron chi connectivity index (χ1n) is 7.98. The van der Waals surface area contributed by atoms with Crippen LogP contribution in [0.1, 0.15) is 31.7 Å². The first-order valence-corrected chi connectivity index (χ1v) is 7.98. The normalized spacial score (nSPS) is 16.4. The number of benzene rings is 1. The van der Waals surface area contributed by atoms with E-state index in [1.165, 1.54) is 24.3 Å². The summed E-state index contributed by atoms with van der Waals surface area (Å²) in [6, 6.07) is 7.32. The summed E-state index contributed by atoms with van der Waals surface area (Å²) in [6.07, 6.45) is -0.00632. The number of esters is 1. The number of allylic oxidation sites excluding steroid dienone is 2. The van der Waals surface area contributed by atoms with Gasteiger partial charge >= 0.3 is 11.9 Å². The van der Waals surface area contributed by atoms with Crippen LogP contribution in [-0.2, 0) is 14.3 Å². The Morgan fingerprint density at radius 1 is 1.33 bits per heavy atom. The fourth-order valence-corrected chi connectivity index (χ4v) is 2.97. The quantitative estimate of drug-likeness (QED) is 0.336. The zero-order chi connectivity index (χ0) is 20.1. The monoisotopic (exact) mass is 371 g/mol. The lowest BCUT2D eigenvalue weighted by molar-refractivity contribution is -0.384. The fourth-order valence-electron chi connectivity index (χ4n) is 2.97. The number of nitrogens with one attached hydrogen (secondary N) is 1. The van der Waals surface area contributed by atoms with Crippen molar-refractivity contribution in [2.75, 3.05) is 6.61 Å². The van der Waals surface area contributed by atoms with E-state index in [0.29, 0.717) is 11.4 Å². The number of nitro groups is 1. The van der Waals surface area contributed by atoms with Gasteiger partial charge in [-0.05, 0) is 19.4 Å². The molecule has 1 heterocycles. The molecule has 0 bridgehead atoms. The minimum Gasteiger partial charge on any atom is -0.478 e. The predicted molar refractivity (Wildman–Crippen MR) is 93.2 cm³/mol. The van der Waals surface area contributed by atoms with Crippen LogP contribution in [0.5, 0.6) is 0 Å². The third-order valence-corrected chi connectivity index (χ3v) is 4.07. The van der Waals surface area contributed by atoms with Crippen LogP contribution in [0.4, 0.5) is 5.69 Å². The molecule has 9 nitrogen and oxygen atoms in total. The molecular formula is C18H17N3O6. The number of dihydropyridines is 1. The van der Waals surface area contributed by atoms with Crippen LogP contribution in [0.15, 0.2) is 46.8 Å². The summed E-state index contributed by atoms with van der Waals surface area (Å²) in [7, 11) is 0. The van der Waals surface area contributed by atoms with E-state index in [2.05, 4.69) is 5.32 Å². The van der Waals surface area contributed by atoms with Crippen molar-refractivity contribution in [1.29, 1.82) is 5.26 Å². The van der Waals surface area contributed by atoms with Crippen molar-refractivity contribution in [3.05, 3.63) is 62.5 Å². The molecule has 1 aromatic rings. The maximum atomic E-state index is 12.6. The van der Waals surface area contributed by atoms with Crippen LogP contribution >= 0.6 is 0 Å². The molecule has 0 radical (unpaired) electrons. The van der Waals surface area contributed by atoms with Crippen molar-refractivity contribution in [3.8, 4) is 6.07 Å². The van der Waals surface area contributed by atoms with Gasteiger partial charge in [0.2, 0.25) is 0 Å². The standard InChI is InChI=1S/C18H17N3O6/c1-10-14(17(22)23)16(12-5-3-6-13(9-12)21(25)26)15(11(2)20-10)18(24)27-8-4-7-19/h3,5-6,9,16,20H,4,8H2,1-2H3,(H,22,23)/t16-/m0/s1. The Balaban J connectivity index is 2.59. The fraction of sp³-hybridized carbons (Fsp3) is 0.278. The number of nitro benzene ring substituents is 1. The minimum absolute atomic E-state index is 0.00632. The smallest absolute Gasteiger partial charge is 0.336 e. The van der Waals surface area contributed by atoms with Gasteiger partial charge in [0.25, 0.3) is 5.69 Å². The zero-order valence-corrected chi connectivity index (χ0v) is 14.7. The van der Waals surface area contributed by atoms with E-state index in [1.807, 2.05) is 6.07 Å². The number of nitrogens with zero attached hydrogens (tertiary/aromatic N) is 2. The van der Waals surface area contributed by atoms with Crippen LogP contribution in [0, 0.1) is 21.4 Å². The largest absolute Gasteiger partial charge is 0.478 e. The van der Waals surface area contributed by atoms with E-state index in [4.69, 9.17) is 10.00 Å². The molecule has 27 heavy (non-hydrogen) atoms. The minimum atomic E-state index is -1.26. The molecule has 0 saturated carbocycles. The lowest BCUT2D eigenvalue weighted by Gasteiger charge is -2.29. The average molecular weight is 371 g/mol. The number of nitriles is 1. The Kier molecular flexibility index (Phi) is 5.92. The van der Waals surface area contributed by atoms with Gasteiger partial charge in [0.1, 0.15) is 6.61 Å². The summed E-state index contributed by atoms with van der Waals surface area (Å²) >= 11 is 0. The van der Waals surface area contributed by atoms with Gasteiger partial charge in [-0.15, -0.1) is 0 Å². The van der Waals surface area contributed by atoms with Gasteiger partial charge in [0.05, 0.1) is 34.5 Å². The Hall–Kier alpha value is -3.67. The number of rotatable bonds is 6. The van der Waals surface area contributed by atoms with Crippen molar-refractivity contribution in [3.63, 3.8) is 0 Å². The summed E-state index contributed by atoms with van der Waals surface area (Å²) in [5, 5.41) is 32.2. The molecule has 1 aliphatic heterocycles. The van der Waals surface area contributed by atoms with Gasteiger partial charge in [-0.3, -0.25) is 10.1 Å². The molecule has 0 aliphatic carbocycles. The van der Waals surface area contributed by atoms with Gasteiger partial charge < -0.3 is 15.2 Å². The third kappa shape index (κ3) is 4.12. The number of carboxylic acids is 1. The van der Waals surface area contributed by atoms with Crippen molar-refractivity contribution in [2.45, 2.75) is 26.2 Å². The summed E-state index contributed by atoms with van der Waals surface area (Å²) in [4.78, 5) is 34.9. The molecule has 0 unspecified atom stereocenters. The topological polar surface area (TPSA) is 143 Å². The van der Waals surface area contributed by atoms with E-state index in [9.17, 15) is 24.8 Å². The molecule has 140 valence electrons. The Morgan fingerprint density at radius 2 is 2.00 bits per heavy atom. The molecule has 0 aromatic heterocycles.